The van der Waals surface area contributed by atoms with Crippen molar-refractivity contribution in [3.63, 3.8) is 0 Å². The van der Waals surface area contributed by atoms with Gasteiger partial charge >= 0.3 is 5.97 Å². The maximum atomic E-state index is 12.3. The second-order valence-corrected chi connectivity index (χ2v) is 6.26. The van der Waals surface area contributed by atoms with Crippen molar-refractivity contribution in [2.24, 2.45) is 5.92 Å². The van der Waals surface area contributed by atoms with Gasteiger partial charge in [0.05, 0.1) is 23.4 Å². The van der Waals surface area contributed by atoms with Gasteiger partial charge in [0.25, 0.3) is 5.91 Å². The molecule has 0 saturated heterocycles. The highest BCUT2D eigenvalue weighted by molar-refractivity contribution is 5.93. The SMILES string of the molecule is CCc1c(C(=O)NCC(C)C(=O)O)nnn1-c1ccc(OC(C)C)cc1. The first kappa shape index (κ1) is 19.4. The lowest BCUT2D eigenvalue weighted by molar-refractivity contribution is -0.140. The van der Waals surface area contributed by atoms with Crippen molar-refractivity contribution in [2.45, 2.75) is 40.2 Å². The number of carbonyl (C=O) groups excluding carboxylic acids is 1. The van der Waals surface area contributed by atoms with Gasteiger partial charge in [-0.05, 0) is 44.5 Å². The molecule has 0 bridgehead atoms. The highest BCUT2D eigenvalue weighted by Gasteiger charge is 2.21. The van der Waals surface area contributed by atoms with Crippen molar-refractivity contribution >= 4 is 11.9 Å². The summed E-state index contributed by atoms with van der Waals surface area (Å²) in [6.07, 6.45) is 0.635. The van der Waals surface area contributed by atoms with Crippen LogP contribution < -0.4 is 10.1 Å². The number of carboxylic acids is 1. The van der Waals surface area contributed by atoms with Gasteiger partial charge < -0.3 is 15.2 Å². The van der Waals surface area contributed by atoms with Gasteiger partial charge in [0, 0.05) is 6.54 Å². The zero-order valence-electron chi connectivity index (χ0n) is 15.4. The lowest BCUT2D eigenvalue weighted by atomic mass is 10.2. The molecule has 0 aliphatic carbocycles. The Kier molecular flexibility index (Phi) is 6.32. The fraction of sp³-hybridized carbons (Fsp3) is 0.444. The monoisotopic (exact) mass is 360 g/mol. The molecule has 2 aromatic rings. The van der Waals surface area contributed by atoms with Crippen LogP contribution >= 0.6 is 0 Å². The van der Waals surface area contributed by atoms with E-state index < -0.39 is 17.8 Å². The Morgan fingerprint density at radius 2 is 1.88 bits per heavy atom. The number of aromatic nitrogens is 3. The minimum atomic E-state index is -0.964. The standard InChI is InChI=1S/C18H24N4O4/c1-5-15-16(17(23)19-10-12(4)18(24)25)20-21-22(15)13-6-8-14(9-7-13)26-11(2)3/h6-9,11-12H,5,10H2,1-4H3,(H,19,23)(H,24,25). The van der Waals surface area contributed by atoms with Crippen LogP contribution in [0.15, 0.2) is 24.3 Å². The number of nitrogens with zero attached hydrogens (tertiary/aromatic N) is 3. The average molecular weight is 360 g/mol. The molecule has 2 N–H and O–H groups in total. The van der Waals surface area contributed by atoms with E-state index in [2.05, 4.69) is 15.6 Å². The average Bonchev–Trinajstić information content (AvgIpc) is 3.03. The third-order valence-corrected chi connectivity index (χ3v) is 3.76. The summed E-state index contributed by atoms with van der Waals surface area (Å²) in [4.78, 5) is 23.2. The third kappa shape index (κ3) is 4.59. The van der Waals surface area contributed by atoms with Crippen LogP contribution in [-0.4, -0.2) is 44.6 Å². The van der Waals surface area contributed by atoms with Gasteiger partial charge in [0.1, 0.15) is 5.75 Å². The molecule has 0 radical (unpaired) electrons. The number of rotatable bonds is 8. The lowest BCUT2D eigenvalue weighted by Gasteiger charge is -2.11. The normalized spacial score (nSPS) is 12.0. The Bertz CT molecular complexity index is 768. The van der Waals surface area contributed by atoms with E-state index in [0.29, 0.717) is 12.1 Å². The fourth-order valence-corrected chi connectivity index (χ4v) is 2.36. The molecular weight excluding hydrogens is 336 g/mol. The number of hydrogen-bond acceptors (Lipinski definition) is 5. The van der Waals surface area contributed by atoms with Gasteiger partial charge in [0.15, 0.2) is 5.69 Å². The van der Waals surface area contributed by atoms with Crippen LogP contribution in [0.3, 0.4) is 0 Å². The smallest absolute Gasteiger partial charge is 0.308 e. The Morgan fingerprint density at radius 3 is 2.42 bits per heavy atom. The van der Waals surface area contributed by atoms with Crippen molar-refractivity contribution in [2.75, 3.05) is 6.54 Å². The molecular formula is C18H24N4O4. The molecule has 1 atom stereocenters. The maximum Gasteiger partial charge on any atom is 0.308 e. The van der Waals surface area contributed by atoms with E-state index in [9.17, 15) is 9.59 Å². The fourth-order valence-electron chi connectivity index (χ4n) is 2.36. The molecule has 1 aromatic carbocycles. The summed E-state index contributed by atoms with van der Waals surface area (Å²) in [5.74, 6) is -1.32. The lowest BCUT2D eigenvalue weighted by Crippen LogP contribution is -2.32. The maximum absolute atomic E-state index is 12.3. The Labute approximate surface area is 152 Å². The van der Waals surface area contributed by atoms with Crippen LogP contribution in [0, 0.1) is 5.92 Å². The third-order valence-electron chi connectivity index (χ3n) is 3.76. The number of aliphatic carboxylic acids is 1. The van der Waals surface area contributed by atoms with Crippen molar-refractivity contribution in [3.05, 3.63) is 35.7 Å². The number of carboxylic acid groups (broad SMARTS) is 1. The molecule has 0 saturated carbocycles. The molecule has 2 rings (SSSR count). The largest absolute Gasteiger partial charge is 0.491 e. The van der Waals surface area contributed by atoms with Crippen LogP contribution in [0.2, 0.25) is 0 Å². The van der Waals surface area contributed by atoms with Gasteiger partial charge in [-0.1, -0.05) is 19.1 Å². The van der Waals surface area contributed by atoms with Crippen molar-refractivity contribution < 1.29 is 19.4 Å². The minimum Gasteiger partial charge on any atom is -0.491 e. The number of amides is 1. The van der Waals surface area contributed by atoms with Gasteiger partial charge in [-0.15, -0.1) is 5.10 Å². The molecule has 26 heavy (non-hydrogen) atoms. The summed E-state index contributed by atoms with van der Waals surface area (Å²) < 4.78 is 7.23. The summed E-state index contributed by atoms with van der Waals surface area (Å²) >= 11 is 0. The molecule has 1 aromatic heterocycles. The van der Waals surface area contributed by atoms with E-state index in [0.717, 1.165) is 11.4 Å². The highest BCUT2D eigenvalue weighted by atomic mass is 16.5. The summed E-state index contributed by atoms with van der Waals surface area (Å²) in [7, 11) is 0. The molecule has 1 amide bonds. The molecule has 8 nitrogen and oxygen atoms in total. The topological polar surface area (TPSA) is 106 Å². The molecule has 8 heteroatoms. The molecule has 0 aliphatic heterocycles. The van der Waals surface area contributed by atoms with E-state index >= 15 is 0 Å². The molecule has 140 valence electrons. The molecule has 0 spiro atoms. The highest BCUT2D eigenvalue weighted by Crippen LogP contribution is 2.19. The number of benzene rings is 1. The van der Waals surface area contributed by atoms with E-state index in [1.54, 1.807) is 4.68 Å². The first-order chi connectivity index (χ1) is 12.3. The van der Waals surface area contributed by atoms with Crippen LogP contribution in [0.25, 0.3) is 5.69 Å². The second-order valence-electron chi connectivity index (χ2n) is 6.26. The van der Waals surface area contributed by atoms with Gasteiger partial charge in [-0.2, -0.15) is 0 Å². The molecule has 0 aliphatic rings. The quantitative estimate of drug-likeness (QED) is 0.746. The first-order valence-electron chi connectivity index (χ1n) is 8.56. The van der Waals surface area contributed by atoms with E-state index in [1.807, 2.05) is 45.0 Å². The zero-order valence-corrected chi connectivity index (χ0v) is 15.4. The van der Waals surface area contributed by atoms with E-state index in [-0.39, 0.29) is 18.3 Å². The minimum absolute atomic E-state index is 0.0332. The number of hydrogen-bond donors (Lipinski definition) is 2. The first-order valence-corrected chi connectivity index (χ1v) is 8.56. The summed E-state index contributed by atoms with van der Waals surface area (Å²) in [5.41, 5.74) is 1.62. The molecule has 0 fully saturated rings. The predicted molar refractivity (Wildman–Crippen MR) is 95.6 cm³/mol. The summed E-state index contributed by atoms with van der Waals surface area (Å²) in [6, 6.07) is 7.37. The van der Waals surface area contributed by atoms with Gasteiger partial charge in [-0.25, -0.2) is 4.68 Å². The van der Waals surface area contributed by atoms with Gasteiger partial charge in [-0.3, -0.25) is 9.59 Å². The van der Waals surface area contributed by atoms with E-state index in [4.69, 9.17) is 9.84 Å². The summed E-state index contributed by atoms with van der Waals surface area (Å²) in [6.45, 7) is 7.38. The number of ether oxygens (including phenoxy) is 1. The Morgan fingerprint density at radius 1 is 1.23 bits per heavy atom. The predicted octanol–water partition coefficient (Wildman–Crippen LogP) is 2.07. The van der Waals surface area contributed by atoms with Crippen LogP contribution in [0.4, 0.5) is 0 Å². The van der Waals surface area contributed by atoms with Crippen LogP contribution in [0.1, 0.15) is 43.9 Å². The Balaban J connectivity index is 2.19. The Hall–Kier alpha value is -2.90. The van der Waals surface area contributed by atoms with Crippen molar-refractivity contribution in [1.29, 1.82) is 0 Å². The van der Waals surface area contributed by atoms with Crippen molar-refractivity contribution in [3.8, 4) is 11.4 Å². The summed E-state index contributed by atoms with van der Waals surface area (Å²) in [5, 5.41) is 19.6. The number of carbonyl (C=O) groups is 2. The molecule has 1 heterocycles. The van der Waals surface area contributed by atoms with Crippen LogP contribution in [-0.2, 0) is 11.2 Å². The van der Waals surface area contributed by atoms with Gasteiger partial charge in [0.2, 0.25) is 0 Å². The number of nitrogens with one attached hydrogen (secondary N) is 1. The molecule has 1 unspecified atom stereocenters. The van der Waals surface area contributed by atoms with Crippen LogP contribution in [0.5, 0.6) is 5.75 Å². The second kappa shape index (κ2) is 8.46. The van der Waals surface area contributed by atoms with Crippen molar-refractivity contribution in [1.82, 2.24) is 20.3 Å². The zero-order chi connectivity index (χ0) is 19.3. The van der Waals surface area contributed by atoms with E-state index in [1.165, 1.54) is 6.92 Å².